The van der Waals surface area contributed by atoms with Gasteiger partial charge in [0.25, 0.3) is 0 Å². The Morgan fingerprint density at radius 3 is 1.39 bits per heavy atom. The third-order valence-corrected chi connectivity index (χ3v) is 3.47. The molecule has 0 aromatic heterocycles. The van der Waals surface area contributed by atoms with Crippen LogP contribution in [0, 0.1) is 0 Å². The van der Waals surface area contributed by atoms with Gasteiger partial charge in [0.15, 0.2) is 0 Å². The van der Waals surface area contributed by atoms with Gasteiger partial charge >= 0.3 is 0 Å². The number of halogens is 2. The molecule has 23 heavy (non-hydrogen) atoms. The van der Waals surface area contributed by atoms with E-state index in [-0.39, 0.29) is 0 Å². The fraction of sp³-hybridized carbons (Fsp3) is 0.368. The molecule has 0 aliphatic carbocycles. The normalized spacial score (nSPS) is 9.30. The number of aryl methyl sites for hydroxylation is 1. The van der Waals surface area contributed by atoms with Crippen molar-refractivity contribution in [2.24, 2.45) is 0 Å². The summed E-state index contributed by atoms with van der Waals surface area (Å²) in [4.78, 5) is 0. The minimum atomic E-state index is 0.792. The highest BCUT2D eigenvalue weighted by Gasteiger charge is 1.88. The Labute approximate surface area is 151 Å². The minimum absolute atomic E-state index is 0.792. The molecule has 0 atom stereocenters. The van der Waals surface area contributed by atoms with Crippen molar-refractivity contribution < 1.29 is 0 Å². The molecule has 2 N–H and O–H groups in total. The van der Waals surface area contributed by atoms with Crippen LogP contribution in [-0.4, -0.2) is 20.6 Å². The van der Waals surface area contributed by atoms with Gasteiger partial charge in [-0.3, -0.25) is 0 Å². The SMILES string of the molecule is CCNC.CCc1ccc(Cl)cc1.CNCc1ccc(Cl)cc1. The summed E-state index contributed by atoms with van der Waals surface area (Å²) in [6, 6.07) is 15.7. The van der Waals surface area contributed by atoms with Crippen LogP contribution in [0.15, 0.2) is 48.5 Å². The van der Waals surface area contributed by atoms with Gasteiger partial charge in [-0.25, -0.2) is 0 Å². The standard InChI is InChI=1S/C8H10ClN.C8H9Cl.C3H9N/c1-10-6-7-2-4-8(9)5-3-7;1-2-7-3-5-8(9)6-4-7;1-3-4-2/h2-5,10H,6H2,1H3;3-6H,2H2,1H3;4H,3H2,1-2H3. The molecule has 0 radical (unpaired) electrons. The average Bonchev–Trinajstić information content (AvgIpc) is 2.59. The van der Waals surface area contributed by atoms with Gasteiger partial charge in [0, 0.05) is 16.6 Å². The molecule has 2 nitrogen and oxygen atoms in total. The molecule has 0 aliphatic rings. The van der Waals surface area contributed by atoms with Gasteiger partial charge < -0.3 is 10.6 Å². The summed E-state index contributed by atoms with van der Waals surface area (Å²) >= 11 is 11.4. The first-order valence-electron chi connectivity index (χ1n) is 7.85. The lowest BCUT2D eigenvalue weighted by atomic mass is 10.2. The van der Waals surface area contributed by atoms with Crippen molar-refractivity contribution in [2.75, 3.05) is 20.6 Å². The van der Waals surface area contributed by atoms with Crippen LogP contribution < -0.4 is 10.6 Å². The maximum atomic E-state index is 5.69. The molecule has 0 heterocycles. The molecule has 2 aromatic carbocycles. The molecular weight excluding hydrogens is 327 g/mol. The summed E-state index contributed by atoms with van der Waals surface area (Å²) in [7, 11) is 3.86. The molecule has 2 aromatic rings. The van der Waals surface area contributed by atoms with E-state index in [4.69, 9.17) is 23.2 Å². The van der Waals surface area contributed by atoms with Gasteiger partial charge in [0.05, 0.1) is 0 Å². The van der Waals surface area contributed by atoms with Crippen molar-refractivity contribution >= 4 is 23.2 Å². The first kappa shape index (κ1) is 21.9. The second kappa shape index (κ2) is 14.5. The molecule has 128 valence electrons. The lowest BCUT2D eigenvalue weighted by molar-refractivity contribution is 0.818. The molecule has 4 heteroatoms. The van der Waals surface area contributed by atoms with Crippen LogP contribution in [0.5, 0.6) is 0 Å². The summed E-state index contributed by atoms with van der Waals surface area (Å²) < 4.78 is 0. The van der Waals surface area contributed by atoms with E-state index in [0.29, 0.717) is 0 Å². The number of benzene rings is 2. The third kappa shape index (κ3) is 12.1. The lowest BCUT2D eigenvalue weighted by Crippen LogP contribution is -2.04. The van der Waals surface area contributed by atoms with Gasteiger partial charge in [-0.15, -0.1) is 0 Å². The fourth-order valence-corrected chi connectivity index (χ4v) is 1.78. The number of rotatable bonds is 4. The van der Waals surface area contributed by atoms with Crippen molar-refractivity contribution in [3.05, 3.63) is 69.7 Å². The minimum Gasteiger partial charge on any atom is -0.320 e. The lowest BCUT2D eigenvalue weighted by Gasteiger charge is -1.97. The fourth-order valence-electron chi connectivity index (χ4n) is 1.53. The highest BCUT2D eigenvalue weighted by atomic mass is 35.5. The van der Waals surface area contributed by atoms with Crippen molar-refractivity contribution in [1.82, 2.24) is 10.6 Å². The zero-order valence-electron chi connectivity index (χ0n) is 14.5. The molecule has 0 unspecified atom stereocenters. The first-order valence-corrected chi connectivity index (χ1v) is 8.61. The molecule has 0 spiro atoms. The molecule has 0 bridgehead atoms. The van der Waals surface area contributed by atoms with Crippen LogP contribution in [-0.2, 0) is 13.0 Å². The van der Waals surface area contributed by atoms with E-state index in [2.05, 4.69) is 24.5 Å². The Kier molecular flexibility index (Phi) is 13.9. The van der Waals surface area contributed by atoms with Crippen LogP contribution in [0.1, 0.15) is 25.0 Å². The summed E-state index contributed by atoms with van der Waals surface area (Å²) in [5.74, 6) is 0. The predicted molar refractivity (Wildman–Crippen MR) is 105 cm³/mol. The zero-order chi connectivity index (χ0) is 17.5. The summed E-state index contributed by atoms with van der Waals surface area (Å²) in [6.45, 7) is 6.17. The molecule has 0 amide bonds. The van der Waals surface area contributed by atoms with Gasteiger partial charge in [0.2, 0.25) is 0 Å². The van der Waals surface area contributed by atoms with E-state index in [1.54, 1.807) is 0 Å². The van der Waals surface area contributed by atoms with Gasteiger partial charge in [0.1, 0.15) is 0 Å². The van der Waals surface area contributed by atoms with Crippen LogP contribution in [0.25, 0.3) is 0 Å². The summed E-state index contributed by atoms with van der Waals surface area (Å²) in [5, 5.41) is 7.59. The third-order valence-electron chi connectivity index (χ3n) is 2.97. The van der Waals surface area contributed by atoms with Crippen molar-refractivity contribution in [2.45, 2.75) is 26.8 Å². The Balaban J connectivity index is 0.000000345. The van der Waals surface area contributed by atoms with Crippen LogP contribution >= 0.6 is 23.2 Å². The summed E-state index contributed by atoms with van der Waals surface area (Å²) in [5.41, 5.74) is 2.59. The predicted octanol–water partition coefficient (Wildman–Crippen LogP) is 5.19. The second-order valence-corrected chi connectivity index (χ2v) is 5.72. The monoisotopic (exact) mass is 354 g/mol. The van der Waals surface area contributed by atoms with Gasteiger partial charge in [-0.1, -0.05) is 61.3 Å². The largest absolute Gasteiger partial charge is 0.320 e. The molecule has 0 saturated heterocycles. The Morgan fingerprint density at radius 2 is 1.09 bits per heavy atom. The highest BCUT2D eigenvalue weighted by molar-refractivity contribution is 6.30. The van der Waals surface area contributed by atoms with E-state index in [1.807, 2.05) is 62.6 Å². The maximum Gasteiger partial charge on any atom is 0.0406 e. The van der Waals surface area contributed by atoms with Crippen molar-refractivity contribution in [1.29, 1.82) is 0 Å². The van der Waals surface area contributed by atoms with Crippen molar-refractivity contribution in [3.63, 3.8) is 0 Å². The summed E-state index contributed by atoms with van der Waals surface area (Å²) in [6.07, 6.45) is 1.08. The molecule has 2 rings (SSSR count). The number of hydrogen-bond acceptors (Lipinski definition) is 2. The van der Waals surface area contributed by atoms with Gasteiger partial charge in [-0.05, 0) is 62.5 Å². The Morgan fingerprint density at radius 1 is 0.696 bits per heavy atom. The first-order chi connectivity index (χ1) is 11.1. The topological polar surface area (TPSA) is 24.1 Å². The molecule has 0 aliphatic heterocycles. The maximum absolute atomic E-state index is 5.69. The van der Waals surface area contributed by atoms with E-state index in [9.17, 15) is 0 Å². The number of hydrogen-bond donors (Lipinski definition) is 2. The van der Waals surface area contributed by atoms with E-state index in [0.717, 1.165) is 29.6 Å². The van der Waals surface area contributed by atoms with Gasteiger partial charge in [-0.2, -0.15) is 0 Å². The Bertz CT molecular complexity index is 494. The van der Waals surface area contributed by atoms with Crippen LogP contribution in [0.2, 0.25) is 10.0 Å². The van der Waals surface area contributed by atoms with Crippen LogP contribution in [0.4, 0.5) is 0 Å². The molecular formula is C19H28Cl2N2. The smallest absolute Gasteiger partial charge is 0.0406 e. The van der Waals surface area contributed by atoms with E-state index in [1.165, 1.54) is 11.1 Å². The molecule has 0 fully saturated rings. The van der Waals surface area contributed by atoms with Crippen LogP contribution in [0.3, 0.4) is 0 Å². The van der Waals surface area contributed by atoms with E-state index < -0.39 is 0 Å². The second-order valence-electron chi connectivity index (χ2n) is 4.84. The highest BCUT2D eigenvalue weighted by Crippen LogP contribution is 2.09. The average molecular weight is 355 g/mol. The van der Waals surface area contributed by atoms with Crippen molar-refractivity contribution in [3.8, 4) is 0 Å². The molecule has 0 saturated carbocycles. The Hall–Kier alpha value is -1.06. The number of nitrogens with one attached hydrogen (secondary N) is 2. The quantitative estimate of drug-likeness (QED) is 0.789. The zero-order valence-corrected chi connectivity index (χ0v) is 16.0. The van der Waals surface area contributed by atoms with E-state index >= 15 is 0 Å².